The van der Waals surface area contributed by atoms with E-state index in [9.17, 15) is 9.59 Å². The maximum Gasteiger partial charge on any atom is 0.305 e. The summed E-state index contributed by atoms with van der Waals surface area (Å²) in [6.45, 7) is 5.74. The van der Waals surface area contributed by atoms with Gasteiger partial charge in [-0.15, -0.1) is 0 Å². The Hall–Kier alpha value is -2.52. The molecule has 6 N–H and O–H groups in total. The van der Waals surface area contributed by atoms with Gasteiger partial charge in [-0.25, -0.2) is 5.10 Å². The fourth-order valence-corrected chi connectivity index (χ4v) is 1.97. The van der Waals surface area contributed by atoms with Crippen molar-refractivity contribution in [3.63, 3.8) is 0 Å². The average Bonchev–Trinajstić information content (AvgIpc) is 2.67. The van der Waals surface area contributed by atoms with Gasteiger partial charge in [0.2, 0.25) is 0 Å². The van der Waals surface area contributed by atoms with Crippen molar-refractivity contribution in [2.45, 2.75) is 33.1 Å². The highest BCUT2D eigenvalue weighted by atomic mass is 32.1. The molecule has 0 aliphatic rings. The summed E-state index contributed by atoms with van der Waals surface area (Å²) in [6.07, 6.45) is 2.19. The zero-order valence-corrected chi connectivity index (χ0v) is 16.7. The van der Waals surface area contributed by atoms with E-state index in [-0.39, 0.29) is 11.5 Å². The monoisotopic (exact) mass is 395 g/mol. The smallest absolute Gasteiger partial charge is 0.305 e. The van der Waals surface area contributed by atoms with Crippen molar-refractivity contribution in [3.8, 4) is 0 Å². The molecule has 0 saturated heterocycles. The van der Waals surface area contributed by atoms with E-state index in [1.165, 1.54) is 0 Å². The number of hydrogen-bond donors (Lipinski definition) is 4. The van der Waals surface area contributed by atoms with Gasteiger partial charge in [-0.2, -0.15) is 5.10 Å². The lowest BCUT2D eigenvalue weighted by atomic mass is 10.2. The van der Waals surface area contributed by atoms with Crippen LogP contribution >= 0.6 is 12.2 Å². The second-order valence-corrected chi connectivity index (χ2v) is 5.48. The Labute approximate surface area is 164 Å². The molecule has 9 heteroatoms. The highest BCUT2D eigenvalue weighted by Gasteiger charge is 2.03. The summed E-state index contributed by atoms with van der Waals surface area (Å²) in [4.78, 5) is 22.0. The molecule has 2 rings (SSSR count). The number of H-pyrrole nitrogens is 1. The van der Waals surface area contributed by atoms with E-state index in [4.69, 9.17) is 5.73 Å². The first kappa shape index (κ1) is 24.5. The van der Waals surface area contributed by atoms with Gasteiger partial charge in [0.15, 0.2) is 5.82 Å². The van der Waals surface area contributed by atoms with Gasteiger partial charge >= 0.3 is 5.97 Å². The number of nitrogens with two attached hydrogens (primary N) is 2. The van der Waals surface area contributed by atoms with Crippen molar-refractivity contribution in [1.29, 1.82) is 0 Å². The fourth-order valence-electron chi connectivity index (χ4n) is 1.97. The number of aromatic nitrogens is 2. The Balaban J connectivity index is 0.000000484. The number of benzene rings is 1. The van der Waals surface area contributed by atoms with Crippen LogP contribution in [0.4, 0.5) is 5.82 Å². The van der Waals surface area contributed by atoms with Crippen molar-refractivity contribution in [3.05, 3.63) is 34.6 Å². The summed E-state index contributed by atoms with van der Waals surface area (Å²) < 4.78 is 4.65. The normalized spacial score (nSPS) is 9.30. The molecule has 1 heterocycles. The van der Waals surface area contributed by atoms with Crippen LogP contribution in [0.2, 0.25) is 0 Å². The molecular formula is C18H29N5O3S. The van der Waals surface area contributed by atoms with Gasteiger partial charge in [-0.1, -0.05) is 37.3 Å². The van der Waals surface area contributed by atoms with Crippen LogP contribution in [0.25, 0.3) is 10.8 Å². The van der Waals surface area contributed by atoms with Crippen molar-refractivity contribution in [2.24, 2.45) is 11.5 Å². The number of thiocarbonyl (C=S) groups is 1. The lowest BCUT2D eigenvalue weighted by Crippen LogP contribution is -2.12. The molecule has 1 aromatic carbocycles. The van der Waals surface area contributed by atoms with Crippen molar-refractivity contribution >= 4 is 40.3 Å². The molecular weight excluding hydrogens is 366 g/mol. The lowest BCUT2D eigenvalue weighted by Gasteiger charge is -2.05. The van der Waals surface area contributed by atoms with E-state index in [2.05, 4.69) is 45.1 Å². The molecule has 0 fully saturated rings. The highest BCUT2D eigenvalue weighted by molar-refractivity contribution is 7.78. The van der Waals surface area contributed by atoms with Gasteiger partial charge in [0.25, 0.3) is 5.56 Å². The Morgan fingerprint density at radius 1 is 1.33 bits per heavy atom. The summed E-state index contributed by atoms with van der Waals surface area (Å²) in [5, 5.41) is 11.2. The maximum atomic E-state index is 11.5. The molecule has 0 aliphatic heterocycles. The van der Waals surface area contributed by atoms with Crippen LogP contribution in [0, 0.1) is 0 Å². The molecule has 0 aliphatic carbocycles. The van der Waals surface area contributed by atoms with E-state index in [0.29, 0.717) is 25.0 Å². The second kappa shape index (κ2) is 15.7. The van der Waals surface area contributed by atoms with Gasteiger partial charge in [0.05, 0.1) is 17.5 Å². The van der Waals surface area contributed by atoms with Crippen LogP contribution in [0.3, 0.4) is 0 Å². The van der Waals surface area contributed by atoms with Crippen LogP contribution < -0.4 is 22.3 Å². The largest absolute Gasteiger partial charge is 0.466 e. The zero-order valence-electron chi connectivity index (χ0n) is 15.9. The van der Waals surface area contributed by atoms with Gasteiger partial charge < -0.3 is 21.5 Å². The number of esters is 1. The quantitative estimate of drug-likeness (QED) is 0.412. The summed E-state index contributed by atoms with van der Waals surface area (Å²) in [7, 11) is 0. The standard InChI is InChI=1S/C11H13N3O.C6H13NO2.CH3NS/c1-2-7-12-10-8-5-3-4-6-9(8)11(15)14-13-10;1-2-9-6(8)4-3-5-7;2-1-3/h3-6H,2,7H2,1H3,(H,12,13)(H,14,15);2-5,7H2,1H3;1H,(H2,2,3). The fraction of sp³-hybridized carbons (Fsp3) is 0.444. The minimum Gasteiger partial charge on any atom is -0.466 e. The number of ether oxygens (including phenoxy) is 1. The molecule has 0 spiro atoms. The van der Waals surface area contributed by atoms with Crippen LogP contribution in [-0.4, -0.2) is 41.4 Å². The van der Waals surface area contributed by atoms with Gasteiger partial charge in [0, 0.05) is 18.4 Å². The van der Waals surface area contributed by atoms with Crippen LogP contribution in [0.1, 0.15) is 33.1 Å². The second-order valence-electron chi connectivity index (χ2n) is 5.21. The summed E-state index contributed by atoms with van der Waals surface area (Å²) in [6, 6.07) is 7.45. The van der Waals surface area contributed by atoms with E-state index in [1.54, 1.807) is 13.0 Å². The minimum absolute atomic E-state index is 0.146. The Kier molecular flexibility index (Phi) is 14.2. The van der Waals surface area contributed by atoms with Crippen molar-refractivity contribution in [1.82, 2.24) is 10.2 Å². The molecule has 0 saturated carbocycles. The van der Waals surface area contributed by atoms with Gasteiger partial charge in [-0.3, -0.25) is 9.59 Å². The minimum atomic E-state index is -0.150. The molecule has 1 aromatic heterocycles. The molecule has 0 radical (unpaired) electrons. The lowest BCUT2D eigenvalue weighted by molar-refractivity contribution is -0.143. The molecule has 0 unspecified atom stereocenters. The first-order valence-electron chi connectivity index (χ1n) is 8.77. The summed E-state index contributed by atoms with van der Waals surface area (Å²) in [5.41, 5.74) is 10.6. The van der Waals surface area contributed by atoms with Gasteiger partial charge in [0.1, 0.15) is 0 Å². The summed E-state index contributed by atoms with van der Waals surface area (Å²) >= 11 is 4.05. The van der Waals surface area contributed by atoms with E-state index >= 15 is 0 Å². The molecule has 0 amide bonds. The number of hydrogen-bond acceptors (Lipinski definition) is 7. The molecule has 8 nitrogen and oxygen atoms in total. The molecule has 0 atom stereocenters. The topological polar surface area (TPSA) is 136 Å². The van der Waals surface area contributed by atoms with Crippen molar-refractivity contribution < 1.29 is 9.53 Å². The number of nitrogens with zero attached hydrogens (tertiary/aromatic N) is 1. The Morgan fingerprint density at radius 3 is 2.52 bits per heavy atom. The third-order valence-corrected chi connectivity index (χ3v) is 3.13. The summed E-state index contributed by atoms with van der Waals surface area (Å²) in [5.74, 6) is 0.593. The molecule has 0 bridgehead atoms. The SMILES string of the molecule is CCCNc1n[nH]c(=O)c2ccccc12.CCOC(=O)CCCN.NC=S. The molecule has 27 heavy (non-hydrogen) atoms. The highest BCUT2D eigenvalue weighted by Crippen LogP contribution is 2.16. The maximum absolute atomic E-state index is 11.5. The van der Waals surface area contributed by atoms with E-state index in [0.717, 1.165) is 36.1 Å². The predicted octanol–water partition coefficient (Wildman–Crippen LogP) is 1.94. The van der Waals surface area contributed by atoms with E-state index in [1.807, 2.05) is 18.2 Å². The van der Waals surface area contributed by atoms with Gasteiger partial charge in [-0.05, 0) is 32.4 Å². The van der Waals surface area contributed by atoms with Crippen LogP contribution in [0.5, 0.6) is 0 Å². The van der Waals surface area contributed by atoms with Crippen LogP contribution in [-0.2, 0) is 9.53 Å². The first-order valence-corrected chi connectivity index (χ1v) is 9.25. The molecule has 150 valence electrons. The number of aromatic amines is 1. The number of nitrogens with one attached hydrogen (secondary N) is 2. The third kappa shape index (κ3) is 10.3. The first-order chi connectivity index (χ1) is 13.0. The number of carbonyl (C=O) groups excluding carboxylic acids is 1. The molecule has 2 aromatic rings. The zero-order chi connectivity index (χ0) is 20.5. The Morgan fingerprint density at radius 2 is 1.96 bits per heavy atom. The average molecular weight is 396 g/mol. The number of anilines is 1. The Bertz CT molecular complexity index is 736. The van der Waals surface area contributed by atoms with Crippen molar-refractivity contribution in [2.75, 3.05) is 25.0 Å². The number of rotatable bonds is 7. The van der Waals surface area contributed by atoms with E-state index < -0.39 is 0 Å². The predicted molar refractivity (Wildman–Crippen MR) is 114 cm³/mol. The third-order valence-electron chi connectivity index (χ3n) is 3.13. The van der Waals surface area contributed by atoms with Crippen LogP contribution in [0.15, 0.2) is 29.1 Å². The number of fused-ring (bicyclic) bond motifs is 1. The number of carbonyl (C=O) groups is 1.